The minimum absolute atomic E-state index is 0.0877. The number of carbonyl (C=O) groups excluding carboxylic acids is 1. The quantitative estimate of drug-likeness (QED) is 0.348. The Morgan fingerprint density at radius 1 is 1.15 bits per heavy atom. The van der Waals surface area contributed by atoms with Crippen LogP contribution in [0.1, 0.15) is 46.6 Å². The molecule has 2 aliphatic rings. The molecule has 1 amide bonds. The van der Waals surface area contributed by atoms with Gasteiger partial charge in [0.2, 0.25) is 0 Å². The van der Waals surface area contributed by atoms with Crippen LogP contribution in [-0.4, -0.2) is 48.2 Å². The van der Waals surface area contributed by atoms with E-state index in [2.05, 4.69) is 41.0 Å². The molecule has 2 aliphatic heterocycles. The Morgan fingerprint density at radius 2 is 1.97 bits per heavy atom. The lowest BCUT2D eigenvalue weighted by Gasteiger charge is -2.35. The SMILES string of the molecule is Cc1cnc(C2CCNN2)c2nc(N3CCOC[C@H]3C)cc(-c3ccc(C(=O)NCc4ccccc4)cc3)c12. The number of nitrogens with one attached hydrogen (secondary N) is 3. The second kappa shape index (κ2) is 11.1. The third-order valence-corrected chi connectivity index (χ3v) is 7.62. The normalized spacial score (nSPS) is 19.4. The first-order chi connectivity index (χ1) is 19.1. The first-order valence-electron chi connectivity index (χ1n) is 13.6. The summed E-state index contributed by atoms with van der Waals surface area (Å²) in [5.41, 5.74) is 13.4. The van der Waals surface area contributed by atoms with E-state index >= 15 is 0 Å². The second-order valence-corrected chi connectivity index (χ2v) is 10.4. The summed E-state index contributed by atoms with van der Waals surface area (Å²) in [7, 11) is 0. The van der Waals surface area contributed by atoms with Crippen LogP contribution in [-0.2, 0) is 11.3 Å². The molecule has 0 saturated carbocycles. The Kier molecular flexibility index (Phi) is 7.24. The van der Waals surface area contributed by atoms with E-state index in [0.29, 0.717) is 25.3 Å². The fourth-order valence-electron chi connectivity index (χ4n) is 5.48. The van der Waals surface area contributed by atoms with E-state index < -0.39 is 0 Å². The Bertz CT molecular complexity index is 1470. The summed E-state index contributed by atoms with van der Waals surface area (Å²) in [5.74, 6) is 0.841. The highest BCUT2D eigenvalue weighted by Gasteiger charge is 2.26. The van der Waals surface area contributed by atoms with Crippen LogP contribution < -0.4 is 21.1 Å². The van der Waals surface area contributed by atoms with Crippen LogP contribution in [0.2, 0.25) is 0 Å². The van der Waals surface area contributed by atoms with Gasteiger partial charge in [-0.25, -0.2) is 10.4 Å². The molecule has 0 bridgehead atoms. The monoisotopic (exact) mass is 522 g/mol. The van der Waals surface area contributed by atoms with Crippen LogP contribution in [0.3, 0.4) is 0 Å². The molecule has 8 nitrogen and oxygen atoms in total. The number of rotatable bonds is 6. The summed E-state index contributed by atoms with van der Waals surface area (Å²) < 4.78 is 5.71. The molecule has 8 heteroatoms. The number of morpholine rings is 1. The number of aromatic nitrogens is 2. The van der Waals surface area contributed by atoms with Crippen LogP contribution in [0, 0.1) is 6.92 Å². The Balaban J connectivity index is 1.39. The molecule has 6 rings (SSSR count). The summed E-state index contributed by atoms with van der Waals surface area (Å²) in [6.07, 6.45) is 2.90. The van der Waals surface area contributed by atoms with Gasteiger partial charge in [-0.3, -0.25) is 15.2 Å². The Labute approximate surface area is 228 Å². The van der Waals surface area contributed by atoms with Crippen molar-refractivity contribution in [3.8, 4) is 11.1 Å². The lowest BCUT2D eigenvalue weighted by Crippen LogP contribution is -2.44. The minimum Gasteiger partial charge on any atom is -0.377 e. The van der Waals surface area contributed by atoms with Crippen molar-refractivity contribution >= 4 is 22.6 Å². The van der Waals surface area contributed by atoms with Gasteiger partial charge in [0, 0.05) is 36.8 Å². The molecular formula is C31H34N6O2. The highest BCUT2D eigenvalue weighted by Crippen LogP contribution is 2.37. The Morgan fingerprint density at radius 3 is 2.72 bits per heavy atom. The number of fused-ring (bicyclic) bond motifs is 1. The lowest BCUT2D eigenvalue weighted by molar-refractivity contribution is 0.0951. The van der Waals surface area contributed by atoms with Crippen molar-refractivity contribution in [2.24, 2.45) is 0 Å². The molecule has 2 fully saturated rings. The smallest absolute Gasteiger partial charge is 0.251 e. The summed E-state index contributed by atoms with van der Waals surface area (Å²) in [6.45, 7) is 7.79. The van der Waals surface area contributed by atoms with Crippen LogP contribution >= 0.6 is 0 Å². The molecule has 1 unspecified atom stereocenters. The molecule has 3 N–H and O–H groups in total. The standard InChI is InChI=1S/C31H34N6O2/c1-20-17-32-29(26-12-13-34-36-26)30-28(20)25(16-27(35-30)37-14-15-39-19-21(37)2)23-8-10-24(11-9-23)31(38)33-18-22-6-4-3-5-7-22/h3-11,16-17,21,26,34,36H,12-15,18-19H2,1-2H3,(H,33,38)/t21-,26?/m1/s1. The number of hydrazine groups is 1. The van der Waals surface area contributed by atoms with Crippen LogP contribution in [0.15, 0.2) is 66.9 Å². The number of aryl methyl sites for hydroxylation is 1. The van der Waals surface area contributed by atoms with E-state index in [-0.39, 0.29) is 18.0 Å². The molecule has 2 aromatic carbocycles. The van der Waals surface area contributed by atoms with Gasteiger partial charge in [0.05, 0.1) is 36.5 Å². The first kappa shape index (κ1) is 25.4. The van der Waals surface area contributed by atoms with Gasteiger partial charge < -0.3 is 15.0 Å². The molecule has 39 heavy (non-hydrogen) atoms. The maximum Gasteiger partial charge on any atom is 0.251 e. The van der Waals surface area contributed by atoms with Gasteiger partial charge in [-0.05, 0) is 60.7 Å². The first-order valence-corrected chi connectivity index (χ1v) is 13.6. The fraction of sp³-hybridized carbons (Fsp3) is 0.323. The number of amides is 1. The zero-order chi connectivity index (χ0) is 26.8. The van der Waals surface area contributed by atoms with E-state index in [1.807, 2.05) is 60.8 Å². The largest absolute Gasteiger partial charge is 0.377 e. The van der Waals surface area contributed by atoms with Crippen LogP contribution in [0.5, 0.6) is 0 Å². The van der Waals surface area contributed by atoms with Crippen molar-refractivity contribution in [2.45, 2.75) is 38.9 Å². The molecule has 200 valence electrons. The van der Waals surface area contributed by atoms with Crippen molar-refractivity contribution < 1.29 is 9.53 Å². The summed E-state index contributed by atoms with van der Waals surface area (Å²) in [6, 6.07) is 20.3. The lowest BCUT2D eigenvalue weighted by atomic mass is 9.95. The third kappa shape index (κ3) is 5.23. The zero-order valence-electron chi connectivity index (χ0n) is 22.4. The molecule has 4 heterocycles. The predicted molar refractivity (Wildman–Crippen MR) is 153 cm³/mol. The van der Waals surface area contributed by atoms with Gasteiger partial charge in [0.25, 0.3) is 5.91 Å². The topological polar surface area (TPSA) is 91.4 Å². The van der Waals surface area contributed by atoms with Gasteiger partial charge in [-0.2, -0.15) is 0 Å². The number of anilines is 1. The van der Waals surface area contributed by atoms with Crippen molar-refractivity contribution in [2.75, 3.05) is 31.2 Å². The van der Waals surface area contributed by atoms with Crippen LogP contribution in [0.4, 0.5) is 5.82 Å². The van der Waals surface area contributed by atoms with Gasteiger partial charge in [-0.1, -0.05) is 42.5 Å². The number of nitrogens with zero attached hydrogens (tertiary/aromatic N) is 3. The number of hydrogen-bond acceptors (Lipinski definition) is 7. The van der Waals surface area contributed by atoms with E-state index in [4.69, 9.17) is 14.7 Å². The van der Waals surface area contributed by atoms with Crippen molar-refractivity contribution in [1.82, 2.24) is 26.1 Å². The molecule has 2 atom stereocenters. The highest BCUT2D eigenvalue weighted by atomic mass is 16.5. The highest BCUT2D eigenvalue weighted by molar-refractivity contribution is 6.00. The molecule has 4 aromatic rings. The molecule has 0 spiro atoms. The second-order valence-electron chi connectivity index (χ2n) is 10.4. The molecular weight excluding hydrogens is 488 g/mol. The Hall–Kier alpha value is -3.85. The number of carbonyl (C=O) groups is 1. The van der Waals surface area contributed by atoms with Gasteiger partial charge in [0.15, 0.2) is 0 Å². The summed E-state index contributed by atoms with van der Waals surface area (Å²) in [4.78, 5) is 25.2. The third-order valence-electron chi connectivity index (χ3n) is 7.62. The van der Waals surface area contributed by atoms with E-state index in [9.17, 15) is 4.79 Å². The summed E-state index contributed by atoms with van der Waals surface area (Å²) >= 11 is 0. The van der Waals surface area contributed by atoms with E-state index in [1.54, 1.807) is 0 Å². The number of pyridine rings is 2. The van der Waals surface area contributed by atoms with E-state index in [0.717, 1.165) is 64.2 Å². The van der Waals surface area contributed by atoms with Gasteiger partial charge >= 0.3 is 0 Å². The predicted octanol–water partition coefficient (Wildman–Crippen LogP) is 4.30. The van der Waals surface area contributed by atoms with Crippen molar-refractivity contribution in [1.29, 1.82) is 0 Å². The average molecular weight is 523 g/mol. The van der Waals surface area contributed by atoms with Gasteiger partial charge in [-0.15, -0.1) is 0 Å². The average Bonchev–Trinajstić information content (AvgIpc) is 3.51. The van der Waals surface area contributed by atoms with Gasteiger partial charge in [0.1, 0.15) is 5.82 Å². The number of hydrogen-bond donors (Lipinski definition) is 3. The maximum absolute atomic E-state index is 12.9. The van der Waals surface area contributed by atoms with Crippen LogP contribution in [0.25, 0.3) is 22.0 Å². The fourth-order valence-corrected chi connectivity index (χ4v) is 5.48. The number of ether oxygens (including phenoxy) is 1. The molecule has 2 saturated heterocycles. The van der Waals surface area contributed by atoms with Crippen molar-refractivity contribution in [3.63, 3.8) is 0 Å². The maximum atomic E-state index is 12.9. The molecule has 2 aromatic heterocycles. The molecule has 0 aliphatic carbocycles. The molecule has 0 radical (unpaired) electrons. The zero-order valence-corrected chi connectivity index (χ0v) is 22.4. The summed E-state index contributed by atoms with van der Waals surface area (Å²) in [5, 5.41) is 4.12. The number of benzene rings is 2. The van der Waals surface area contributed by atoms with E-state index in [1.165, 1.54) is 0 Å². The minimum atomic E-state index is -0.0877. The van der Waals surface area contributed by atoms with Crippen molar-refractivity contribution in [3.05, 3.63) is 89.2 Å².